The van der Waals surface area contributed by atoms with Crippen molar-refractivity contribution >= 4 is 28.2 Å². The zero-order valence-corrected chi connectivity index (χ0v) is 20.6. The number of esters is 1. The molecule has 1 atom stereocenters. The first kappa shape index (κ1) is 25.1. The van der Waals surface area contributed by atoms with E-state index in [0.717, 1.165) is 0 Å². The van der Waals surface area contributed by atoms with Gasteiger partial charge in [0.1, 0.15) is 22.8 Å². The van der Waals surface area contributed by atoms with E-state index >= 15 is 0 Å². The number of rotatable bonds is 6. The summed E-state index contributed by atoms with van der Waals surface area (Å²) < 4.78 is 61.2. The van der Waals surface area contributed by atoms with Crippen molar-refractivity contribution in [3.8, 4) is 23.1 Å². The second-order valence-electron chi connectivity index (χ2n) is 8.45. The Balaban J connectivity index is 1.64. The van der Waals surface area contributed by atoms with Gasteiger partial charge < -0.3 is 23.8 Å². The maximum absolute atomic E-state index is 13.2. The molecule has 0 fully saturated rings. The van der Waals surface area contributed by atoms with Crippen LogP contribution in [0.15, 0.2) is 60.8 Å². The van der Waals surface area contributed by atoms with Crippen molar-refractivity contribution in [2.45, 2.75) is 25.7 Å². The molecule has 2 aromatic heterocycles. The summed E-state index contributed by atoms with van der Waals surface area (Å²) in [6, 6.07) is 15.6. The zero-order chi connectivity index (χ0) is 27.0. The molecule has 11 heteroatoms. The fourth-order valence-corrected chi connectivity index (χ4v) is 4.42. The van der Waals surface area contributed by atoms with Crippen LogP contribution in [0, 0.1) is 6.92 Å². The number of aromatic nitrogens is 2. The van der Waals surface area contributed by atoms with Crippen molar-refractivity contribution in [2.75, 3.05) is 19.1 Å². The zero-order valence-electron chi connectivity index (χ0n) is 20.6. The molecule has 1 aliphatic rings. The van der Waals surface area contributed by atoms with Crippen LogP contribution in [0.1, 0.15) is 11.3 Å². The van der Waals surface area contributed by atoms with Gasteiger partial charge in [0, 0.05) is 35.2 Å². The molecule has 0 bridgehead atoms. The Labute approximate surface area is 215 Å². The molecule has 0 N–H and O–H groups in total. The Morgan fingerprint density at radius 2 is 1.79 bits per heavy atom. The van der Waals surface area contributed by atoms with Crippen LogP contribution in [0.3, 0.4) is 0 Å². The van der Waals surface area contributed by atoms with Gasteiger partial charge in [-0.25, -0.2) is 14.8 Å². The summed E-state index contributed by atoms with van der Waals surface area (Å²) in [5.41, 5.74) is 2.57. The Morgan fingerprint density at radius 1 is 1.03 bits per heavy atom. The lowest BCUT2D eigenvalue weighted by Gasteiger charge is -2.28. The van der Waals surface area contributed by atoms with E-state index in [1.54, 1.807) is 43.3 Å². The normalized spacial score (nSPS) is 14.8. The third-order valence-corrected chi connectivity index (χ3v) is 6.11. The molecule has 0 saturated carbocycles. The second-order valence-corrected chi connectivity index (χ2v) is 8.45. The lowest BCUT2D eigenvalue weighted by Crippen LogP contribution is -2.37. The van der Waals surface area contributed by atoms with E-state index in [4.69, 9.17) is 18.9 Å². The smallest absolute Gasteiger partial charge is 0.491 e. The molecule has 0 amide bonds. The van der Waals surface area contributed by atoms with E-state index in [1.807, 2.05) is 18.2 Å². The number of para-hydroxylation sites is 1. The Hall–Kier alpha value is -4.54. The van der Waals surface area contributed by atoms with Crippen LogP contribution in [0.5, 0.6) is 23.1 Å². The highest BCUT2D eigenvalue weighted by molar-refractivity contribution is 6.01. The van der Waals surface area contributed by atoms with Crippen molar-refractivity contribution in [1.82, 2.24) is 9.97 Å². The van der Waals surface area contributed by atoms with Gasteiger partial charge in [-0.2, -0.15) is 13.2 Å². The summed E-state index contributed by atoms with van der Waals surface area (Å²) in [6.07, 6.45) is -5.03. The van der Waals surface area contributed by atoms with Gasteiger partial charge in [-0.1, -0.05) is 18.2 Å². The van der Waals surface area contributed by atoms with Gasteiger partial charge in [0.05, 0.1) is 31.8 Å². The van der Waals surface area contributed by atoms with E-state index in [2.05, 4.69) is 9.97 Å². The molecule has 196 valence electrons. The predicted octanol–water partition coefficient (Wildman–Crippen LogP) is 5.87. The van der Waals surface area contributed by atoms with E-state index < -0.39 is 18.4 Å². The third kappa shape index (κ3) is 4.62. The highest BCUT2D eigenvalue weighted by Crippen LogP contribution is 2.47. The van der Waals surface area contributed by atoms with E-state index in [9.17, 15) is 18.0 Å². The topological polar surface area (TPSA) is 83.0 Å². The van der Waals surface area contributed by atoms with Crippen molar-refractivity contribution in [3.05, 3.63) is 72.1 Å². The molecule has 1 unspecified atom stereocenters. The molecule has 0 aliphatic carbocycles. The highest BCUT2D eigenvalue weighted by Gasteiger charge is 2.45. The number of anilines is 2. The van der Waals surface area contributed by atoms with Crippen LogP contribution < -0.4 is 19.1 Å². The molecule has 2 aromatic carbocycles. The average Bonchev–Trinajstić information content (AvgIpc) is 3.28. The van der Waals surface area contributed by atoms with Gasteiger partial charge in [0.25, 0.3) is 0 Å². The van der Waals surface area contributed by atoms with Crippen LogP contribution in [0.25, 0.3) is 10.9 Å². The molecule has 4 aromatic rings. The number of hydrogen-bond acceptors (Lipinski definition) is 8. The minimum atomic E-state index is -5.16. The van der Waals surface area contributed by atoms with E-state index in [0.29, 0.717) is 50.8 Å². The molecular formula is C27H22F3N3O5. The third-order valence-electron chi connectivity index (χ3n) is 6.11. The van der Waals surface area contributed by atoms with Crippen molar-refractivity contribution in [1.29, 1.82) is 0 Å². The Morgan fingerprint density at radius 3 is 2.42 bits per heavy atom. The number of carbonyl (C=O) groups excluding carboxylic acids is 1. The van der Waals surface area contributed by atoms with Gasteiger partial charge in [-0.3, -0.25) is 0 Å². The SMILES string of the molecule is COc1cc(OC)c2nc(C)c3c(c2c1)N(c1ccc(Oc2ccccc2)nc1)C(OC(=O)C(F)(F)F)C3. The first-order chi connectivity index (χ1) is 18.2. The number of benzene rings is 2. The van der Waals surface area contributed by atoms with E-state index in [1.165, 1.54) is 25.3 Å². The van der Waals surface area contributed by atoms with Gasteiger partial charge in [-0.15, -0.1) is 0 Å². The summed E-state index contributed by atoms with van der Waals surface area (Å²) in [5, 5.41) is 0.553. The number of aryl methyl sites for hydroxylation is 1. The number of fused-ring (bicyclic) bond motifs is 3. The minimum Gasteiger partial charge on any atom is -0.497 e. The van der Waals surface area contributed by atoms with Crippen molar-refractivity contribution in [2.24, 2.45) is 0 Å². The largest absolute Gasteiger partial charge is 0.497 e. The number of methoxy groups -OCH3 is 2. The summed E-state index contributed by atoms with van der Waals surface area (Å²) >= 11 is 0. The Kier molecular flexibility index (Phi) is 6.43. The number of halogens is 3. The van der Waals surface area contributed by atoms with Crippen LogP contribution in [-0.4, -0.2) is 42.6 Å². The first-order valence-corrected chi connectivity index (χ1v) is 11.5. The molecule has 0 saturated heterocycles. The summed E-state index contributed by atoms with van der Waals surface area (Å²) in [6.45, 7) is 1.74. The molecule has 0 spiro atoms. The van der Waals surface area contributed by atoms with E-state index in [-0.39, 0.29) is 12.3 Å². The van der Waals surface area contributed by atoms with Gasteiger partial charge in [-0.05, 0) is 31.2 Å². The molecule has 38 heavy (non-hydrogen) atoms. The lowest BCUT2D eigenvalue weighted by atomic mass is 10.1. The van der Waals surface area contributed by atoms with Crippen LogP contribution in [0.4, 0.5) is 24.5 Å². The summed E-state index contributed by atoms with van der Waals surface area (Å²) in [7, 11) is 2.98. The fraction of sp³-hybridized carbons (Fsp3) is 0.222. The first-order valence-electron chi connectivity index (χ1n) is 11.5. The number of pyridine rings is 2. The van der Waals surface area contributed by atoms with Crippen molar-refractivity contribution < 1.29 is 36.9 Å². The molecule has 0 radical (unpaired) electrons. The van der Waals surface area contributed by atoms with Gasteiger partial charge in [0.15, 0.2) is 6.23 Å². The average molecular weight is 525 g/mol. The number of carbonyl (C=O) groups is 1. The number of nitrogens with zero attached hydrogens (tertiary/aromatic N) is 3. The number of hydrogen-bond donors (Lipinski definition) is 0. The summed E-state index contributed by atoms with van der Waals surface area (Å²) in [5.74, 6) is -0.555. The second kappa shape index (κ2) is 9.73. The van der Waals surface area contributed by atoms with Gasteiger partial charge in [0.2, 0.25) is 5.88 Å². The van der Waals surface area contributed by atoms with Crippen molar-refractivity contribution in [3.63, 3.8) is 0 Å². The monoisotopic (exact) mass is 525 g/mol. The molecular weight excluding hydrogens is 503 g/mol. The quantitative estimate of drug-likeness (QED) is 0.289. The Bertz CT molecular complexity index is 1490. The maximum Gasteiger partial charge on any atom is 0.491 e. The minimum absolute atomic E-state index is 0.0201. The highest BCUT2D eigenvalue weighted by atomic mass is 19.4. The molecule has 8 nitrogen and oxygen atoms in total. The fourth-order valence-electron chi connectivity index (χ4n) is 4.42. The molecule has 1 aliphatic heterocycles. The van der Waals surface area contributed by atoms with Crippen LogP contribution >= 0.6 is 0 Å². The molecule has 5 rings (SSSR count). The number of alkyl halides is 3. The lowest BCUT2D eigenvalue weighted by molar-refractivity contribution is -0.204. The number of ether oxygens (including phenoxy) is 4. The standard InChI is InChI=1S/C27H22F3N3O5/c1-15-19-13-23(38-26(34)27(28,29)30)33(16-9-10-22(31-14-16)37-17-7-5-4-6-8-17)25(19)20-11-18(35-2)12-21(36-3)24(20)32-15/h4-12,14,23H,13H2,1-3H3. The van der Waals surface area contributed by atoms with Crippen LogP contribution in [0.2, 0.25) is 0 Å². The molecule has 3 heterocycles. The van der Waals surface area contributed by atoms with Crippen LogP contribution in [-0.2, 0) is 16.0 Å². The summed E-state index contributed by atoms with van der Waals surface area (Å²) in [4.78, 5) is 22.4. The van der Waals surface area contributed by atoms with Gasteiger partial charge >= 0.3 is 12.1 Å². The predicted molar refractivity (Wildman–Crippen MR) is 132 cm³/mol. The maximum atomic E-state index is 13.2.